The standard InChI is InChI=1S/C53H35N3O/c1-3-13-34(14-4-1)35-23-25-36(26-24-35)37-27-29-39(30-28-37)52-54-51(38-15-5-2-6-16-38)55-53(56-52)47-32-41(33-49-50(47)45-21-11-12-22-48(45)57-49)46-31-40-17-7-8-18-42(40)43-19-9-10-20-44(43)46/h1-23,25-33,35H,24H2. The third-order valence-electron chi connectivity index (χ3n) is 11.3. The van der Waals surface area contributed by atoms with Gasteiger partial charge in [0.1, 0.15) is 11.2 Å². The number of furan rings is 1. The van der Waals surface area contributed by atoms with Crippen molar-refractivity contribution in [2.24, 2.45) is 0 Å². The highest BCUT2D eigenvalue weighted by Crippen LogP contribution is 2.43. The first-order valence-electron chi connectivity index (χ1n) is 19.5. The van der Waals surface area contributed by atoms with Gasteiger partial charge in [-0.15, -0.1) is 0 Å². The number of rotatable bonds is 6. The summed E-state index contributed by atoms with van der Waals surface area (Å²) in [6, 6.07) is 61.6. The quantitative estimate of drug-likeness (QED) is 0.160. The van der Waals surface area contributed by atoms with Gasteiger partial charge in [0.2, 0.25) is 0 Å². The van der Waals surface area contributed by atoms with Gasteiger partial charge in [0, 0.05) is 33.4 Å². The molecule has 2 heterocycles. The summed E-state index contributed by atoms with van der Waals surface area (Å²) in [5, 5.41) is 6.81. The van der Waals surface area contributed by atoms with E-state index in [1.807, 2.05) is 30.3 Å². The Kier molecular flexibility index (Phi) is 7.92. The van der Waals surface area contributed by atoms with Crippen LogP contribution in [0.1, 0.15) is 23.5 Å². The number of para-hydroxylation sites is 1. The molecule has 10 aromatic rings. The molecule has 268 valence electrons. The molecule has 1 aliphatic carbocycles. The van der Waals surface area contributed by atoms with E-state index in [0.717, 1.165) is 56.2 Å². The van der Waals surface area contributed by atoms with Gasteiger partial charge in [-0.05, 0) is 80.1 Å². The minimum Gasteiger partial charge on any atom is -0.456 e. The minimum absolute atomic E-state index is 0.395. The number of fused-ring (bicyclic) bond motifs is 6. The summed E-state index contributed by atoms with van der Waals surface area (Å²) in [4.78, 5) is 15.6. The van der Waals surface area contributed by atoms with Crippen LogP contribution in [-0.2, 0) is 0 Å². The van der Waals surface area contributed by atoms with Gasteiger partial charge in [-0.1, -0.05) is 170 Å². The Morgan fingerprint density at radius 3 is 1.81 bits per heavy atom. The van der Waals surface area contributed by atoms with E-state index in [1.54, 1.807) is 0 Å². The maximum Gasteiger partial charge on any atom is 0.164 e. The topological polar surface area (TPSA) is 51.8 Å². The highest BCUT2D eigenvalue weighted by molar-refractivity contribution is 6.17. The maximum absolute atomic E-state index is 6.63. The molecule has 0 fully saturated rings. The predicted octanol–water partition coefficient (Wildman–Crippen LogP) is 13.9. The van der Waals surface area contributed by atoms with Crippen LogP contribution in [0, 0.1) is 0 Å². The number of hydrogen-bond donors (Lipinski definition) is 0. The fourth-order valence-electron chi connectivity index (χ4n) is 8.41. The molecule has 1 aliphatic rings. The lowest BCUT2D eigenvalue weighted by atomic mass is 9.88. The molecule has 8 aromatic carbocycles. The van der Waals surface area contributed by atoms with E-state index in [0.29, 0.717) is 23.4 Å². The predicted molar refractivity (Wildman–Crippen MR) is 235 cm³/mol. The van der Waals surface area contributed by atoms with Gasteiger partial charge in [-0.3, -0.25) is 0 Å². The number of benzene rings is 8. The van der Waals surface area contributed by atoms with Crippen LogP contribution in [-0.4, -0.2) is 15.0 Å². The Morgan fingerprint density at radius 2 is 1.05 bits per heavy atom. The molecular weight excluding hydrogens is 695 g/mol. The summed E-state index contributed by atoms with van der Waals surface area (Å²) < 4.78 is 6.63. The largest absolute Gasteiger partial charge is 0.456 e. The molecule has 1 unspecified atom stereocenters. The van der Waals surface area contributed by atoms with Crippen molar-refractivity contribution in [2.45, 2.75) is 12.3 Å². The van der Waals surface area contributed by atoms with Crippen molar-refractivity contribution in [1.29, 1.82) is 0 Å². The molecule has 0 saturated heterocycles. The molecule has 0 aliphatic heterocycles. The molecule has 1 atom stereocenters. The molecule has 2 aromatic heterocycles. The lowest BCUT2D eigenvalue weighted by Crippen LogP contribution is -2.01. The summed E-state index contributed by atoms with van der Waals surface area (Å²) in [5.41, 5.74) is 10.3. The summed E-state index contributed by atoms with van der Waals surface area (Å²) in [7, 11) is 0. The van der Waals surface area contributed by atoms with Gasteiger partial charge in [0.05, 0.1) is 0 Å². The van der Waals surface area contributed by atoms with E-state index in [-0.39, 0.29) is 0 Å². The third-order valence-corrected chi connectivity index (χ3v) is 11.3. The second-order valence-electron chi connectivity index (χ2n) is 14.7. The number of allylic oxidation sites excluding steroid dienone is 4. The molecule has 0 radical (unpaired) electrons. The Morgan fingerprint density at radius 1 is 0.439 bits per heavy atom. The average molecular weight is 730 g/mol. The molecule has 11 rings (SSSR count). The summed E-state index contributed by atoms with van der Waals surface area (Å²) in [6.07, 6.45) is 7.88. The molecular formula is C53H35N3O. The van der Waals surface area contributed by atoms with Crippen LogP contribution in [0.4, 0.5) is 0 Å². The fraction of sp³-hybridized carbons (Fsp3) is 0.0377. The zero-order chi connectivity index (χ0) is 37.7. The van der Waals surface area contributed by atoms with E-state index < -0.39 is 0 Å². The second kappa shape index (κ2) is 13.7. The zero-order valence-corrected chi connectivity index (χ0v) is 31.0. The molecule has 0 saturated carbocycles. The van der Waals surface area contributed by atoms with E-state index >= 15 is 0 Å². The van der Waals surface area contributed by atoms with Crippen molar-refractivity contribution in [1.82, 2.24) is 15.0 Å². The molecule has 0 bridgehead atoms. The number of nitrogens with zero attached hydrogens (tertiary/aromatic N) is 3. The number of hydrogen-bond acceptors (Lipinski definition) is 4. The van der Waals surface area contributed by atoms with Crippen molar-refractivity contribution < 1.29 is 4.42 Å². The molecule has 4 nitrogen and oxygen atoms in total. The Labute approximate surface area is 330 Å². The van der Waals surface area contributed by atoms with Gasteiger partial charge < -0.3 is 4.42 Å². The monoisotopic (exact) mass is 729 g/mol. The average Bonchev–Trinajstić information content (AvgIpc) is 3.68. The van der Waals surface area contributed by atoms with Crippen LogP contribution in [0.3, 0.4) is 0 Å². The maximum atomic E-state index is 6.63. The summed E-state index contributed by atoms with van der Waals surface area (Å²) in [5.74, 6) is 2.22. The van der Waals surface area contributed by atoms with Gasteiger partial charge in [-0.2, -0.15) is 0 Å². The van der Waals surface area contributed by atoms with Crippen molar-refractivity contribution >= 4 is 49.1 Å². The van der Waals surface area contributed by atoms with Gasteiger partial charge in [0.15, 0.2) is 17.5 Å². The Bertz CT molecular complexity index is 3200. The summed E-state index contributed by atoms with van der Waals surface area (Å²) >= 11 is 0. The van der Waals surface area contributed by atoms with Crippen molar-refractivity contribution in [3.05, 3.63) is 205 Å². The molecule has 0 N–H and O–H groups in total. The first kappa shape index (κ1) is 33.0. The lowest BCUT2D eigenvalue weighted by molar-refractivity contribution is 0.669. The molecule has 4 heteroatoms. The van der Waals surface area contributed by atoms with E-state index in [9.17, 15) is 0 Å². The van der Waals surface area contributed by atoms with Crippen molar-refractivity contribution in [2.75, 3.05) is 0 Å². The molecule has 57 heavy (non-hydrogen) atoms. The van der Waals surface area contributed by atoms with Crippen LogP contribution in [0.5, 0.6) is 0 Å². The van der Waals surface area contributed by atoms with Gasteiger partial charge in [-0.25, -0.2) is 15.0 Å². The highest BCUT2D eigenvalue weighted by Gasteiger charge is 2.21. The molecule has 0 spiro atoms. The van der Waals surface area contributed by atoms with Gasteiger partial charge >= 0.3 is 0 Å². The van der Waals surface area contributed by atoms with Crippen LogP contribution in [0.25, 0.3) is 94.3 Å². The van der Waals surface area contributed by atoms with Crippen LogP contribution in [0.15, 0.2) is 199 Å². The van der Waals surface area contributed by atoms with E-state index in [2.05, 4.69) is 164 Å². The smallest absolute Gasteiger partial charge is 0.164 e. The summed E-state index contributed by atoms with van der Waals surface area (Å²) in [6.45, 7) is 0. The van der Waals surface area contributed by atoms with Crippen LogP contribution >= 0.6 is 0 Å². The normalized spacial score (nSPS) is 14.1. The third kappa shape index (κ3) is 5.90. The first-order chi connectivity index (χ1) is 28.2. The van der Waals surface area contributed by atoms with Crippen LogP contribution in [0.2, 0.25) is 0 Å². The second-order valence-corrected chi connectivity index (χ2v) is 14.7. The Balaban J connectivity index is 1.08. The van der Waals surface area contributed by atoms with E-state index in [4.69, 9.17) is 19.4 Å². The van der Waals surface area contributed by atoms with Crippen molar-refractivity contribution in [3.8, 4) is 45.3 Å². The first-order valence-corrected chi connectivity index (χ1v) is 19.5. The van der Waals surface area contributed by atoms with Gasteiger partial charge in [0.25, 0.3) is 0 Å². The Hall–Kier alpha value is -7.43. The van der Waals surface area contributed by atoms with Crippen molar-refractivity contribution in [3.63, 3.8) is 0 Å². The lowest BCUT2D eigenvalue weighted by Gasteiger charge is -2.17. The SMILES string of the molecule is C1=CC(c2ccccc2)CC=C1c1ccc(-c2nc(-c3ccccc3)nc(-c3cc(-c4cc5ccccc5c5ccccc45)cc4oc5ccccc5c34)n2)cc1. The number of aromatic nitrogens is 3. The van der Waals surface area contributed by atoms with E-state index in [1.165, 1.54) is 38.2 Å². The zero-order valence-electron chi connectivity index (χ0n) is 31.0. The highest BCUT2D eigenvalue weighted by atomic mass is 16.3. The minimum atomic E-state index is 0.395. The van der Waals surface area contributed by atoms with Crippen LogP contribution < -0.4 is 0 Å². The fourth-order valence-corrected chi connectivity index (χ4v) is 8.41. The molecule has 0 amide bonds.